The lowest BCUT2D eigenvalue weighted by Crippen LogP contribution is -2.08. The fourth-order valence-electron chi connectivity index (χ4n) is 1.74. The number of hydrogen-bond acceptors (Lipinski definition) is 3. The van der Waals surface area contributed by atoms with Gasteiger partial charge in [0, 0.05) is 13.2 Å². The molecule has 0 atom stereocenters. The zero-order valence-corrected chi connectivity index (χ0v) is 11.8. The maximum absolute atomic E-state index is 5.81. The van der Waals surface area contributed by atoms with E-state index in [-0.39, 0.29) is 0 Å². The summed E-state index contributed by atoms with van der Waals surface area (Å²) in [5.41, 5.74) is 2.16. The van der Waals surface area contributed by atoms with E-state index < -0.39 is 0 Å². The van der Waals surface area contributed by atoms with Gasteiger partial charge in [-0.05, 0) is 18.1 Å². The zero-order valence-electron chi connectivity index (χ0n) is 11.8. The molecule has 1 aromatic carbocycles. The lowest BCUT2D eigenvalue weighted by atomic mass is 10.2. The van der Waals surface area contributed by atoms with Crippen LogP contribution in [0.3, 0.4) is 0 Å². The molecule has 0 amide bonds. The molecule has 19 heavy (non-hydrogen) atoms. The summed E-state index contributed by atoms with van der Waals surface area (Å²) < 4.78 is 7.82. The molecule has 0 saturated heterocycles. The fraction of sp³-hybridized carbons (Fsp3) is 0.400. The number of hydrogen-bond donors (Lipinski definition) is 1. The Bertz CT molecular complexity index is 520. The average Bonchev–Trinajstić information content (AvgIpc) is 2.80. The van der Waals surface area contributed by atoms with Crippen LogP contribution in [0.1, 0.15) is 19.5 Å². The van der Waals surface area contributed by atoms with Crippen molar-refractivity contribution < 1.29 is 4.74 Å². The molecule has 0 aliphatic rings. The molecule has 1 N–H and O–H groups in total. The van der Waals surface area contributed by atoms with E-state index in [9.17, 15) is 0 Å². The summed E-state index contributed by atoms with van der Waals surface area (Å²) in [6.45, 7) is 5.75. The minimum atomic E-state index is 0.519. The molecule has 4 nitrogen and oxygen atoms in total. The molecule has 0 radical (unpaired) electrons. The number of ether oxygens (including phenoxy) is 1. The van der Waals surface area contributed by atoms with Crippen LogP contribution in [0.4, 0.5) is 5.69 Å². The van der Waals surface area contributed by atoms with Crippen LogP contribution in [0.25, 0.3) is 0 Å². The van der Waals surface area contributed by atoms with Crippen LogP contribution >= 0.6 is 0 Å². The number of anilines is 1. The summed E-state index contributed by atoms with van der Waals surface area (Å²) >= 11 is 0. The van der Waals surface area contributed by atoms with Gasteiger partial charge in [0.05, 0.1) is 30.9 Å². The number of rotatable bonds is 6. The maximum Gasteiger partial charge on any atom is 0.142 e. The highest BCUT2D eigenvalue weighted by atomic mass is 16.5. The van der Waals surface area contributed by atoms with E-state index in [1.807, 2.05) is 42.1 Å². The molecule has 102 valence electrons. The third-order valence-corrected chi connectivity index (χ3v) is 2.84. The molecule has 0 aliphatic carbocycles. The minimum Gasteiger partial charge on any atom is -0.491 e. The standard InChI is InChI=1S/C15H21N3O/c1-12(2)10-19-15-7-5-4-6-14(15)17-9-13-8-16-11-18(13)3/h4-8,11-12,17H,9-10H2,1-3H3. The van der Waals surface area contributed by atoms with Gasteiger partial charge in [-0.1, -0.05) is 26.0 Å². The Morgan fingerprint density at radius 1 is 1.32 bits per heavy atom. The fourth-order valence-corrected chi connectivity index (χ4v) is 1.74. The molecule has 0 unspecified atom stereocenters. The molecule has 1 heterocycles. The molecule has 1 aromatic heterocycles. The summed E-state index contributed by atoms with van der Waals surface area (Å²) in [5.74, 6) is 1.42. The SMILES string of the molecule is CC(C)COc1ccccc1NCc1cncn1C. The van der Waals surface area contributed by atoms with Gasteiger partial charge in [-0.2, -0.15) is 0 Å². The second kappa shape index (κ2) is 6.27. The molecule has 0 spiro atoms. The lowest BCUT2D eigenvalue weighted by Gasteiger charge is -2.14. The third-order valence-electron chi connectivity index (χ3n) is 2.84. The van der Waals surface area contributed by atoms with E-state index in [0.29, 0.717) is 5.92 Å². The number of benzene rings is 1. The molecule has 2 rings (SSSR count). The zero-order chi connectivity index (χ0) is 13.7. The number of aromatic nitrogens is 2. The summed E-state index contributed by atoms with van der Waals surface area (Å²) in [7, 11) is 1.99. The molecule has 4 heteroatoms. The van der Waals surface area contributed by atoms with Crippen LogP contribution < -0.4 is 10.1 Å². The quantitative estimate of drug-likeness (QED) is 0.866. The van der Waals surface area contributed by atoms with Crippen LogP contribution in [-0.4, -0.2) is 16.2 Å². The van der Waals surface area contributed by atoms with Crippen LogP contribution in [0.5, 0.6) is 5.75 Å². The van der Waals surface area contributed by atoms with E-state index >= 15 is 0 Å². The normalized spacial score (nSPS) is 10.7. The van der Waals surface area contributed by atoms with Crippen molar-refractivity contribution >= 4 is 5.69 Å². The number of nitrogens with one attached hydrogen (secondary N) is 1. The first kappa shape index (κ1) is 13.5. The van der Waals surface area contributed by atoms with Crippen LogP contribution in [0, 0.1) is 5.92 Å². The number of imidazole rings is 1. The van der Waals surface area contributed by atoms with Crippen molar-refractivity contribution in [2.45, 2.75) is 20.4 Å². The molecule has 0 fully saturated rings. The maximum atomic E-state index is 5.81. The molecule has 0 aliphatic heterocycles. The van der Waals surface area contributed by atoms with Crippen molar-refractivity contribution in [1.82, 2.24) is 9.55 Å². The second-order valence-corrected chi connectivity index (χ2v) is 5.05. The van der Waals surface area contributed by atoms with Crippen LogP contribution in [-0.2, 0) is 13.6 Å². The monoisotopic (exact) mass is 259 g/mol. The van der Waals surface area contributed by atoms with Gasteiger partial charge in [0.25, 0.3) is 0 Å². The lowest BCUT2D eigenvalue weighted by molar-refractivity contribution is 0.272. The van der Waals surface area contributed by atoms with E-state index in [4.69, 9.17) is 4.74 Å². The predicted octanol–water partition coefficient (Wildman–Crippen LogP) is 3.07. The average molecular weight is 259 g/mol. The van der Waals surface area contributed by atoms with E-state index in [1.54, 1.807) is 6.33 Å². The highest BCUT2D eigenvalue weighted by Crippen LogP contribution is 2.24. The summed E-state index contributed by atoms with van der Waals surface area (Å²) in [6.07, 6.45) is 3.67. The van der Waals surface area contributed by atoms with Crippen LogP contribution in [0.2, 0.25) is 0 Å². The van der Waals surface area contributed by atoms with Gasteiger partial charge in [-0.25, -0.2) is 4.98 Å². The largest absolute Gasteiger partial charge is 0.491 e. The van der Waals surface area contributed by atoms with Crippen molar-refractivity contribution in [3.8, 4) is 5.75 Å². The van der Waals surface area contributed by atoms with E-state index in [1.165, 1.54) is 0 Å². The van der Waals surface area contributed by atoms with Crippen LogP contribution in [0.15, 0.2) is 36.8 Å². The summed E-state index contributed by atoms with van der Waals surface area (Å²) in [4.78, 5) is 4.11. The Kier molecular flexibility index (Phi) is 4.44. The van der Waals surface area contributed by atoms with E-state index in [2.05, 4.69) is 24.1 Å². The van der Waals surface area contributed by atoms with Crippen molar-refractivity contribution in [3.63, 3.8) is 0 Å². The Labute approximate surface area is 114 Å². The predicted molar refractivity (Wildman–Crippen MR) is 77.3 cm³/mol. The highest BCUT2D eigenvalue weighted by Gasteiger charge is 2.05. The Morgan fingerprint density at radius 3 is 2.79 bits per heavy atom. The number of para-hydroxylation sites is 2. The van der Waals surface area contributed by atoms with Gasteiger partial charge in [-0.3, -0.25) is 0 Å². The van der Waals surface area contributed by atoms with Gasteiger partial charge in [-0.15, -0.1) is 0 Å². The highest BCUT2D eigenvalue weighted by molar-refractivity contribution is 5.56. The Balaban J connectivity index is 2.01. The number of aryl methyl sites for hydroxylation is 1. The molecular weight excluding hydrogens is 238 g/mol. The molecule has 0 saturated carbocycles. The smallest absolute Gasteiger partial charge is 0.142 e. The van der Waals surface area contributed by atoms with E-state index in [0.717, 1.165) is 30.3 Å². The number of nitrogens with zero attached hydrogens (tertiary/aromatic N) is 2. The van der Waals surface area contributed by atoms with Gasteiger partial charge in [0.2, 0.25) is 0 Å². The first-order valence-electron chi connectivity index (χ1n) is 6.57. The van der Waals surface area contributed by atoms with Gasteiger partial charge in [0.15, 0.2) is 0 Å². The van der Waals surface area contributed by atoms with Crippen molar-refractivity contribution in [3.05, 3.63) is 42.5 Å². The van der Waals surface area contributed by atoms with Crippen molar-refractivity contribution in [2.75, 3.05) is 11.9 Å². The van der Waals surface area contributed by atoms with Crippen molar-refractivity contribution in [1.29, 1.82) is 0 Å². The minimum absolute atomic E-state index is 0.519. The van der Waals surface area contributed by atoms with Gasteiger partial charge in [0.1, 0.15) is 5.75 Å². The first-order chi connectivity index (χ1) is 9.16. The molecule has 2 aromatic rings. The van der Waals surface area contributed by atoms with Gasteiger partial charge >= 0.3 is 0 Å². The van der Waals surface area contributed by atoms with Crippen molar-refractivity contribution in [2.24, 2.45) is 13.0 Å². The molecule has 0 bridgehead atoms. The summed E-state index contributed by atoms with van der Waals surface area (Å²) in [5, 5.41) is 3.39. The Hall–Kier alpha value is -1.97. The topological polar surface area (TPSA) is 39.1 Å². The summed E-state index contributed by atoms with van der Waals surface area (Å²) in [6, 6.07) is 8.03. The second-order valence-electron chi connectivity index (χ2n) is 5.05. The Morgan fingerprint density at radius 2 is 2.11 bits per heavy atom. The third kappa shape index (κ3) is 3.74. The first-order valence-corrected chi connectivity index (χ1v) is 6.57. The molecular formula is C15H21N3O. The van der Waals surface area contributed by atoms with Gasteiger partial charge < -0.3 is 14.6 Å².